The summed E-state index contributed by atoms with van der Waals surface area (Å²) in [5.41, 5.74) is 0.471. The number of halogens is 4. The van der Waals surface area contributed by atoms with Gasteiger partial charge in [0.2, 0.25) is 0 Å². The van der Waals surface area contributed by atoms with Crippen LogP contribution in [-0.4, -0.2) is 11.6 Å². The van der Waals surface area contributed by atoms with Crippen molar-refractivity contribution < 1.29 is 18.4 Å². The maximum absolute atomic E-state index is 13.4. The van der Waals surface area contributed by atoms with Gasteiger partial charge in [0.25, 0.3) is 0 Å². The van der Waals surface area contributed by atoms with Gasteiger partial charge in [0, 0.05) is 11.1 Å². The van der Waals surface area contributed by atoms with Crippen LogP contribution in [0.25, 0.3) is 12.2 Å². The molecule has 34 heavy (non-hydrogen) atoms. The van der Waals surface area contributed by atoms with Crippen LogP contribution in [0, 0.1) is 11.6 Å². The summed E-state index contributed by atoms with van der Waals surface area (Å²) in [6.45, 7) is 0. The van der Waals surface area contributed by atoms with Crippen molar-refractivity contribution in [3.63, 3.8) is 0 Å². The summed E-state index contributed by atoms with van der Waals surface area (Å²) >= 11 is 14.4. The van der Waals surface area contributed by atoms with E-state index in [9.17, 15) is 18.4 Å². The molecular weight excluding hydrogens is 517 g/mol. The predicted molar refractivity (Wildman–Crippen MR) is 138 cm³/mol. The van der Waals surface area contributed by atoms with Crippen LogP contribution in [0.3, 0.4) is 0 Å². The Hall–Kier alpha value is -2.90. The van der Waals surface area contributed by atoms with E-state index in [-0.39, 0.29) is 22.7 Å². The summed E-state index contributed by atoms with van der Waals surface area (Å²) in [5, 5.41) is 4.22. The number of carbonyl (C=O) groups is 2. The maximum Gasteiger partial charge on any atom is 0.195 e. The van der Waals surface area contributed by atoms with Crippen molar-refractivity contribution in [2.24, 2.45) is 0 Å². The fourth-order valence-electron chi connectivity index (χ4n) is 2.66. The van der Waals surface area contributed by atoms with Crippen molar-refractivity contribution in [1.29, 1.82) is 0 Å². The summed E-state index contributed by atoms with van der Waals surface area (Å²) in [4.78, 5) is 24.6. The van der Waals surface area contributed by atoms with Gasteiger partial charge in [-0.1, -0.05) is 47.5 Å². The molecule has 0 amide bonds. The van der Waals surface area contributed by atoms with E-state index >= 15 is 0 Å². The first-order valence-corrected chi connectivity index (χ1v) is 12.3. The molecule has 4 rings (SSSR count). The van der Waals surface area contributed by atoms with Crippen molar-refractivity contribution in [3.05, 3.63) is 126 Å². The molecule has 0 radical (unpaired) electrons. The lowest BCUT2D eigenvalue weighted by molar-refractivity contribution is 0.104. The molecule has 4 aromatic rings. The molecule has 0 aliphatic rings. The molecule has 2 nitrogen and oxygen atoms in total. The van der Waals surface area contributed by atoms with Crippen LogP contribution < -0.4 is 0 Å². The van der Waals surface area contributed by atoms with Crippen molar-refractivity contribution in [2.45, 2.75) is 0 Å². The topological polar surface area (TPSA) is 34.1 Å². The normalized spacial score (nSPS) is 10.9. The molecule has 0 atom stereocenters. The first-order chi connectivity index (χ1) is 16.4. The van der Waals surface area contributed by atoms with Gasteiger partial charge in [0.15, 0.2) is 11.6 Å². The highest BCUT2D eigenvalue weighted by Crippen LogP contribution is 2.22. The Labute approximate surface area is 213 Å². The van der Waals surface area contributed by atoms with Crippen LogP contribution in [-0.2, 0) is 0 Å². The lowest BCUT2D eigenvalue weighted by atomic mass is 10.1. The van der Waals surface area contributed by atoms with E-state index < -0.39 is 11.6 Å². The maximum atomic E-state index is 13.4. The third kappa shape index (κ3) is 7.05. The molecule has 0 saturated carbocycles. The first-order valence-electron chi connectivity index (χ1n) is 9.76. The molecule has 0 saturated heterocycles. The van der Waals surface area contributed by atoms with E-state index in [4.69, 9.17) is 23.2 Å². The summed E-state index contributed by atoms with van der Waals surface area (Å²) in [7, 11) is 0. The standard InChI is InChI=1S/2C13H8ClFOS/c2*14-10-3-1-4-11(15)9(10)6-7-12(16)13-5-2-8-17-13/h2*1-8H/b2*7-6+. The van der Waals surface area contributed by atoms with E-state index in [0.717, 1.165) is 0 Å². The van der Waals surface area contributed by atoms with E-state index in [0.29, 0.717) is 19.8 Å². The number of hydrogen-bond donors (Lipinski definition) is 0. The smallest absolute Gasteiger partial charge is 0.195 e. The van der Waals surface area contributed by atoms with Gasteiger partial charge in [-0.2, -0.15) is 0 Å². The minimum atomic E-state index is -0.437. The van der Waals surface area contributed by atoms with Crippen molar-refractivity contribution in [2.75, 3.05) is 0 Å². The summed E-state index contributed by atoms with van der Waals surface area (Å²) in [6.07, 6.45) is 5.46. The monoisotopic (exact) mass is 532 g/mol. The van der Waals surface area contributed by atoms with E-state index in [2.05, 4.69) is 0 Å². The van der Waals surface area contributed by atoms with Gasteiger partial charge in [0.1, 0.15) is 11.6 Å². The van der Waals surface area contributed by atoms with Gasteiger partial charge in [0.05, 0.1) is 19.8 Å². The zero-order valence-corrected chi connectivity index (χ0v) is 20.5. The zero-order chi connectivity index (χ0) is 24.5. The number of rotatable bonds is 6. The first kappa shape index (κ1) is 25.7. The largest absolute Gasteiger partial charge is 0.288 e. The third-order valence-corrected chi connectivity index (χ3v) is 6.76. The van der Waals surface area contributed by atoms with Gasteiger partial charge in [-0.05, 0) is 71.5 Å². The molecule has 0 unspecified atom stereocenters. The molecule has 0 aliphatic heterocycles. The minimum Gasteiger partial charge on any atom is -0.288 e. The Balaban J connectivity index is 0.000000191. The molecule has 0 fully saturated rings. The molecule has 8 heteroatoms. The van der Waals surface area contributed by atoms with Gasteiger partial charge in [-0.25, -0.2) is 8.78 Å². The highest BCUT2D eigenvalue weighted by atomic mass is 35.5. The average molecular weight is 533 g/mol. The predicted octanol–water partition coefficient (Wildman–Crippen LogP) is 8.87. The van der Waals surface area contributed by atoms with Crippen LogP contribution in [0.2, 0.25) is 10.0 Å². The van der Waals surface area contributed by atoms with Crippen LogP contribution >= 0.6 is 45.9 Å². The molecule has 2 aromatic heterocycles. The fraction of sp³-hybridized carbons (Fsp3) is 0. The van der Waals surface area contributed by atoms with Crippen LogP contribution in [0.5, 0.6) is 0 Å². The molecular formula is C26H16Cl2F2O2S2. The number of allylic oxidation sites excluding steroid dienone is 2. The number of thiophene rings is 2. The zero-order valence-electron chi connectivity index (χ0n) is 17.4. The van der Waals surface area contributed by atoms with Crippen molar-refractivity contribution in [3.8, 4) is 0 Å². The molecule has 172 valence electrons. The van der Waals surface area contributed by atoms with Crippen molar-refractivity contribution in [1.82, 2.24) is 0 Å². The second-order valence-corrected chi connectivity index (χ2v) is 9.33. The van der Waals surface area contributed by atoms with Crippen LogP contribution in [0.15, 0.2) is 83.6 Å². The molecule has 0 spiro atoms. The number of benzene rings is 2. The minimum absolute atomic E-state index is 0.153. The van der Waals surface area contributed by atoms with Gasteiger partial charge < -0.3 is 0 Å². The lowest BCUT2D eigenvalue weighted by Crippen LogP contribution is -1.90. The number of ketones is 2. The summed E-state index contributed by atoms with van der Waals surface area (Å²) in [5.74, 6) is -1.18. The van der Waals surface area contributed by atoms with E-state index in [1.165, 1.54) is 71.2 Å². The lowest BCUT2D eigenvalue weighted by Gasteiger charge is -1.98. The Kier molecular flexibility index (Phi) is 9.48. The van der Waals surface area contributed by atoms with Crippen molar-refractivity contribution >= 4 is 69.6 Å². The molecule has 2 heterocycles. The average Bonchev–Trinajstić information content (AvgIpc) is 3.53. The summed E-state index contributed by atoms with van der Waals surface area (Å²) in [6, 6.07) is 15.9. The Morgan fingerprint density at radius 1 is 0.647 bits per heavy atom. The number of hydrogen-bond acceptors (Lipinski definition) is 4. The Morgan fingerprint density at radius 3 is 1.38 bits per heavy atom. The fourth-order valence-corrected chi connectivity index (χ4v) is 4.40. The second-order valence-electron chi connectivity index (χ2n) is 6.62. The Bertz CT molecular complexity index is 1180. The van der Waals surface area contributed by atoms with Gasteiger partial charge >= 0.3 is 0 Å². The molecule has 0 N–H and O–H groups in total. The summed E-state index contributed by atoms with van der Waals surface area (Å²) < 4.78 is 26.8. The highest BCUT2D eigenvalue weighted by molar-refractivity contribution is 7.12. The highest BCUT2D eigenvalue weighted by Gasteiger charge is 2.07. The molecule has 0 bridgehead atoms. The molecule has 2 aromatic carbocycles. The third-order valence-electron chi connectivity index (χ3n) is 4.33. The van der Waals surface area contributed by atoms with Crippen LogP contribution in [0.1, 0.15) is 30.5 Å². The van der Waals surface area contributed by atoms with E-state index in [1.807, 2.05) is 10.8 Å². The molecule has 0 aliphatic carbocycles. The van der Waals surface area contributed by atoms with Crippen LogP contribution in [0.4, 0.5) is 8.78 Å². The number of carbonyl (C=O) groups excluding carboxylic acids is 2. The SMILES string of the molecule is O=C(/C=C/c1c(F)cccc1Cl)c1cccs1.O=C(/C=C/c1c(F)cccc1Cl)c1cccs1. The second kappa shape index (κ2) is 12.5. The Morgan fingerprint density at radius 2 is 1.06 bits per heavy atom. The van der Waals surface area contributed by atoms with Gasteiger partial charge in [-0.15, -0.1) is 22.7 Å². The quantitative estimate of drug-likeness (QED) is 0.183. The van der Waals surface area contributed by atoms with Gasteiger partial charge in [-0.3, -0.25) is 9.59 Å². The van der Waals surface area contributed by atoms with E-state index in [1.54, 1.807) is 36.4 Å².